The molecule has 6 nitrogen and oxygen atoms in total. The van der Waals surface area contributed by atoms with Gasteiger partial charge in [-0.05, 0) is 10.3 Å². The van der Waals surface area contributed by atoms with E-state index in [0.29, 0.717) is 5.56 Å². The third-order valence-electron chi connectivity index (χ3n) is 3.31. The fourth-order valence-electron chi connectivity index (χ4n) is 2.07. The molecular weight excluding hydrogens is 377 g/mol. The molecule has 0 spiro atoms. The summed E-state index contributed by atoms with van der Waals surface area (Å²) >= 11 is 0. The van der Waals surface area contributed by atoms with Gasteiger partial charge in [0.05, 0.1) is 0 Å². The first kappa shape index (κ1) is 18.3. The standard InChI is InChI=1S/C16H8F5N3O3/c17-9-10(18)12(20)15(13(21)11(9)19)26-6-8(25)22-16-14(23-27-24-16)7-4-2-1-3-5-7/h1-5H,6H2,(H,22,24,25). The lowest BCUT2D eigenvalue weighted by molar-refractivity contribution is -0.118. The van der Waals surface area contributed by atoms with Gasteiger partial charge in [0.2, 0.25) is 34.9 Å². The molecule has 0 aliphatic heterocycles. The zero-order valence-corrected chi connectivity index (χ0v) is 13.1. The third kappa shape index (κ3) is 3.57. The second kappa shape index (κ2) is 7.40. The summed E-state index contributed by atoms with van der Waals surface area (Å²) in [4.78, 5) is 11.9. The number of hydrogen-bond acceptors (Lipinski definition) is 5. The van der Waals surface area contributed by atoms with Crippen LogP contribution in [-0.4, -0.2) is 22.8 Å². The third-order valence-corrected chi connectivity index (χ3v) is 3.31. The van der Waals surface area contributed by atoms with Crippen molar-refractivity contribution in [3.8, 4) is 17.0 Å². The number of anilines is 1. The van der Waals surface area contributed by atoms with E-state index in [2.05, 4.69) is 25.0 Å². The van der Waals surface area contributed by atoms with Gasteiger partial charge in [0.1, 0.15) is 0 Å². The number of ether oxygens (including phenoxy) is 1. The molecule has 3 aromatic rings. The summed E-state index contributed by atoms with van der Waals surface area (Å²) in [6.07, 6.45) is 0. The summed E-state index contributed by atoms with van der Waals surface area (Å²) in [5.41, 5.74) is 0.718. The summed E-state index contributed by atoms with van der Waals surface area (Å²) < 4.78 is 75.2. The van der Waals surface area contributed by atoms with E-state index in [1.807, 2.05) is 0 Å². The zero-order valence-electron chi connectivity index (χ0n) is 13.1. The van der Waals surface area contributed by atoms with Crippen molar-refractivity contribution in [1.29, 1.82) is 0 Å². The van der Waals surface area contributed by atoms with Crippen LogP contribution in [0.15, 0.2) is 35.0 Å². The van der Waals surface area contributed by atoms with Crippen LogP contribution < -0.4 is 10.1 Å². The molecule has 0 atom stereocenters. The van der Waals surface area contributed by atoms with Crippen molar-refractivity contribution < 1.29 is 36.1 Å². The van der Waals surface area contributed by atoms with Gasteiger partial charge in [-0.15, -0.1) is 0 Å². The number of hydrogen-bond donors (Lipinski definition) is 1. The number of amides is 1. The highest BCUT2D eigenvalue weighted by atomic mass is 19.2. The molecule has 0 saturated carbocycles. The molecule has 1 aromatic heterocycles. The van der Waals surface area contributed by atoms with Gasteiger partial charge in [-0.1, -0.05) is 30.3 Å². The Morgan fingerprint density at radius 3 is 2.15 bits per heavy atom. The molecule has 140 valence electrons. The van der Waals surface area contributed by atoms with Crippen molar-refractivity contribution in [1.82, 2.24) is 10.3 Å². The van der Waals surface area contributed by atoms with Crippen LogP contribution in [0.25, 0.3) is 11.3 Å². The van der Waals surface area contributed by atoms with E-state index >= 15 is 0 Å². The zero-order chi connectivity index (χ0) is 19.6. The molecular formula is C16H8F5N3O3. The number of nitrogens with zero attached hydrogens (tertiary/aromatic N) is 2. The summed E-state index contributed by atoms with van der Waals surface area (Å²) in [6.45, 7) is -1.06. The fraction of sp³-hybridized carbons (Fsp3) is 0.0625. The molecule has 2 aromatic carbocycles. The fourth-order valence-corrected chi connectivity index (χ4v) is 2.07. The van der Waals surface area contributed by atoms with Crippen LogP contribution in [0, 0.1) is 29.1 Å². The minimum atomic E-state index is -2.33. The van der Waals surface area contributed by atoms with Gasteiger partial charge in [0, 0.05) is 5.56 Å². The smallest absolute Gasteiger partial charge is 0.263 e. The monoisotopic (exact) mass is 385 g/mol. The molecule has 0 fully saturated rings. The van der Waals surface area contributed by atoms with Crippen molar-refractivity contribution in [3.63, 3.8) is 0 Å². The average Bonchev–Trinajstić information content (AvgIpc) is 3.13. The molecule has 0 aliphatic rings. The number of nitrogens with one attached hydrogen (secondary N) is 1. The van der Waals surface area contributed by atoms with Gasteiger partial charge in [-0.3, -0.25) is 4.79 Å². The number of halogens is 5. The SMILES string of the molecule is O=C(COc1c(F)c(F)c(F)c(F)c1F)Nc1nonc1-c1ccccc1. The predicted molar refractivity (Wildman–Crippen MR) is 80.1 cm³/mol. The Morgan fingerprint density at radius 1 is 0.926 bits per heavy atom. The van der Waals surface area contributed by atoms with E-state index < -0.39 is 47.3 Å². The first-order valence-corrected chi connectivity index (χ1v) is 7.22. The predicted octanol–water partition coefficient (Wildman–Crippen LogP) is 3.45. The molecule has 0 aliphatic carbocycles. The molecule has 0 saturated heterocycles. The highest BCUT2D eigenvalue weighted by Crippen LogP contribution is 2.29. The summed E-state index contributed by atoms with van der Waals surface area (Å²) in [5, 5.41) is 9.29. The molecule has 27 heavy (non-hydrogen) atoms. The van der Waals surface area contributed by atoms with E-state index in [-0.39, 0.29) is 11.5 Å². The Labute approximate surface area is 147 Å². The van der Waals surface area contributed by atoms with Crippen LogP contribution >= 0.6 is 0 Å². The van der Waals surface area contributed by atoms with Gasteiger partial charge < -0.3 is 10.1 Å². The first-order chi connectivity index (χ1) is 12.9. The Kier molecular flexibility index (Phi) is 5.01. The molecule has 1 amide bonds. The minimum Gasteiger partial charge on any atom is -0.477 e. The van der Waals surface area contributed by atoms with Crippen molar-refractivity contribution in [3.05, 3.63) is 59.4 Å². The van der Waals surface area contributed by atoms with Crippen molar-refractivity contribution >= 4 is 11.7 Å². The Bertz CT molecular complexity index is 965. The van der Waals surface area contributed by atoms with E-state index in [4.69, 9.17) is 0 Å². The second-order valence-electron chi connectivity index (χ2n) is 5.06. The number of rotatable bonds is 5. The number of aromatic nitrogens is 2. The van der Waals surface area contributed by atoms with Gasteiger partial charge in [-0.25, -0.2) is 17.8 Å². The van der Waals surface area contributed by atoms with Gasteiger partial charge >= 0.3 is 0 Å². The maximum Gasteiger partial charge on any atom is 0.263 e. The Morgan fingerprint density at radius 2 is 1.52 bits per heavy atom. The van der Waals surface area contributed by atoms with Crippen LogP contribution in [0.2, 0.25) is 0 Å². The molecule has 3 rings (SSSR count). The average molecular weight is 385 g/mol. The number of benzene rings is 2. The first-order valence-electron chi connectivity index (χ1n) is 7.22. The normalized spacial score (nSPS) is 10.7. The van der Waals surface area contributed by atoms with E-state index in [9.17, 15) is 26.7 Å². The largest absolute Gasteiger partial charge is 0.477 e. The highest BCUT2D eigenvalue weighted by Gasteiger charge is 2.27. The van der Waals surface area contributed by atoms with E-state index in [0.717, 1.165) is 0 Å². The molecule has 0 bridgehead atoms. The molecule has 11 heteroatoms. The topological polar surface area (TPSA) is 77.2 Å². The Hall–Kier alpha value is -3.50. The van der Waals surface area contributed by atoms with Crippen LogP contribution in [0.4, 0.5) is 27.8 Å². The quantitative estimate of drug-likeness (QED) is 0.414. The molecule has 1 heterocycles. The van der Waals surface area contributed by atoms with Gasteiger partial charge in [0.25, 0.3) is 5.91 Å². The van der Waals surface area contributed by atoms with Crippen molar-refractivity contribution in [2.75, 3.05) is 11.9 Å². The summed E-state index contributed by atoms with van der Waals surface area (Å²) in [7, 11) is 0. The Balaban J connectivity index is 1.73. The maximum atomic E-state index is 13.5. The van der Waals surface area contributed by atoms with Crippen LogP contribution in [0.5, 0.6) is 5.75 Å². The van der Waals surface area contributed by atoms with Crippen molar-refractivity contribution in [2.45, 2.75) is 0 Å². The lowest BCUT2D eigenvalue weighted by Crippen LogP contribution is -2.22. The summed E-state index contributed by atoms with van der Waals surface area (Å²) in [5.74, 6) is -13.8. The van der Waals surface area contributed by atoms with Crippen LogP contribution in [0.3, 0.4) is 0 Å². The maximum absolute atomic E-state index is 13.5. The van der Waals surface area contributed by atoms with Crippen LogP contribution in [0.1, 0.15) is 0 Å². The molecule has 1 N–H and O–H groups in total. The second-order valence-corrected chi connectivity index (χ2v) is 5.06. The highest BCUT2D eigenvalue weighted by molar-refractivity contribution is 5.94. The van der Waals surface area contributed by atoms with Gasteiger partial charge in [0.15, 0.2) is 18.1 Å². The number of carbonyl (C=O) groups is 1. The lowest BCUT2D eigenvalue weighted by atomic mass is 10.1. The lowest BCUT2D eigenvalue weighted by Gasteiger charge is -2.10. The minimum absolute atomic E-state index is 0.118. The van der Waals surface area contributed by atoms with E-state index in [1.165, 1.54) is 0 Å². The summed E-state index contributed by atoms with van der Waals surface area (Å²) in [6, 6.07) is 8.44. The van der Waals surface area contributed by atoms with Gasteiger partial charge in [-0.2, -0.15) is 8.78 Å². The number of carbonyl (C=O) groups excluding carboxylic acids is 1. The van der Waals surface area contributed by atoms with Crippen molar-refractivity contribution in [2.24, 2.45) is 0 Å². The molecule has 0 radical (unpaired) electrons. The molecule has 0 unspecified atom stereocenters. The van der Waals surface area contributed by atoms with E-state index in [1.54, 1.807) is 30.3 Å². The van der Waals surface area contributed by atoms with Crippen LogP contribution in [-0.2, 0) is 4.79 Å².